The second-order valence-electron chi connectivity index (χ2n) is 9.28. The summed E-state index contributed by atoms with van der Waals surface area (Å²) in [6.07, 6.45) is 27.8. The van der Waals surface area contributed by atoms with Gasteiger partial charge in [0.05, 0.1) is 13.7 Å². The van der Waals surface area contributed by atoms with Crippen LogP contribution in [0.15, 0.2) is 30.3 Å². The Morgan fingerprint density at radius 1 is 0.667 bits per heavy atom. The van der Waals surface area contributed by atoms with E-state index >= 15 is 0 Å². The molecule has 0 radical (unpaired) electrons. The molecule has 0 N–H and O–H groups in total. The summed E-state index contributed by atoms with van der Waals surface area (Å²) in [6, 6.07) is 7.59. The number of ether oxygens (including phenoxy) is 2. The van der Waals surface area contributed by atoms with Crippen molar-refractivity contribution in [2.24, 2.45) is 0 Å². The molecule has 33 heavy (non-hydrogen) atoms. The van der Waals surface area contributed by atoms with Crippen molar-refractivity contribution in [2.75, 3.05) is 13.7 Å². The van der Waals surface area contributed by atoms with Gasteiger partial charge in [0.25, 0.3) is 0 Å². The van der Waals surface area contributed by atoms with Crippen LogP contribution in [0.1, 0.15) is 128 Å². The van der Waals surface area contributed by atoms with E-state index in [9.17, 15) is 4.79 Å². The van der Waals surface area contributed by atoms with Crippen LogP contribution in [-0.4, -0.2) is 19.7 Å². The lowest BCUT2D eigenvalue weighted by molar-refractivity contribution is -0.137. The smallest absolute Gasteiger partial charge is 0.330 e. The van der Waals surface area contributed by atoms with E-state index in [0.29, 0.717) is 6.61 Å². The number of methoxy groups -OCH3 is 1. The van der Waals surface area contributed by atoms with E-state index in [4.69, 9.17) is 9.47 Å². The molecule has 3 nitrogen and oxygen atoms in total. The first kappa shape index (κ1) is 29.3. The molecule has 0 aliphatic rings. The Morgan fingerprint density at radius 2 is 1.09 bits per heavy atom. The number of hydrogen-bond acceptors (Lipinski definition) is 3. The summed E-state index contributed by atoms with van der Waals surface area (Å²) >= 11 is 0. The van der Waals surface area contributed by atoms with E-state index in [2.05, 4.69) is 6.92 Å². The predicted octanol–water partition coefficient (Wildman–Crippen LogP) is 9.29. The number of esters is 1. The third-order valence-electron chi connectivity index (χ3n) is 6.27. The first-order chi connectivity index (χ1) is 16.3. The molecule has 0 spiro atoms. The van der Waals surface area contributed by atoms with Gasteiger partial charge in [-0.1, -0.05) is 128 Å². The van der Waals surface area contributed by atoms with E-state index in [1.165, 1.54) is 109 Å². The van der Waals surface area contributed by atoms with E-state index in [1.807, 2.05) is 24.3 Å². The number of hydrogen-bond donors (Lipinski definition) is 0. The van der Waals surface area contributed by atoms with Crippen LogP contribution in [0.2, 0.25) is 0 Å². The molecule has 0 saturated heterocycles. The number of unbranched alkanes of at least 4 members (excludes halogenated alkanes) is 17. The van der Waals surface area contributed by atoms with Crippen molar-refractivity contribution in [1.29, 1.82) is 0 Å². The van der Waals surface area contributed by atoms with Gasteiger partial charge >= 0.3 is 5.97 Å². The van der Waals surface area contributed by atoms with Gasteiger partial charge in [0.15, 0.2) is 0 Å². The van der Waals surface area contributed by atoms with Crippen LogP contribution in [0.4, 0.5) is 0 Å². The van der Waals surface area contributed by atoms with Gasteiger partial charge in [0.1, 0.15) is 5.75 Å². The fourth-order valence-corrected chi connectivity index (χ4v) is 4.10. The second-order valence-corrected chi connectivity index (χ2v) is 9.28. The standard InChI is InChI=1S/C30H50O3/c1-3-4-5-6-7-8-9-10-11-12-13-14-15-16-17-18-19-20-27-33-30(31)26-23-28-21-24-29(32-2)25-22-28/h21-26H,3-20,27H2,1-2H3. The third kappa shape index (κ3) is 18.4. The molecule has 0 aliphatic carbocycles. The van der Waals surface area contributed by atoms with Crippen molar-refractivity contribution >= 4 is 12.0 Å². The van der Waals surface area contributed by atoms with Crippen molar-refractivity contribution in [2.45, 2.75) is 122 Å². The summed E-state index contributed by atoms with van der Waals surface area (Å²) in [6.45, 7) is 2.80. The van der Waals surface area contributed by atoms with Crippen LogP contribution in [0.3, 0.4) is 0 Å². The molecule has 188 valence electrons. The fourth-order valence-electron chi connectivity index (χ4n) is 4.10. The van der Waals surface area contributed by atoms with Crippen LogP contribution in [0.25, 0.3) is 6.08 Å². The SMILES string of the molecule is CCCCCCCCCCCCCCCCCCCCOC(=O)C=Cc1ccc(OC)cc1. The number of benzene rings is 1. The lowest BCUT2D eigenvalue weighted by Crippen LogP contribution is -2.02. The van der Waals surface area contributed by atoms with Crippen molar-refractivity contribution in [3.8, 4) is 5.75 Å². The highest BCUT2D eigenvalue weighted by molar-refractivity contribution is 5.87. The van der Waals surface area contributed by atoms with Crippen molar-refractivity contribution in [1.82, 2.24) is 0 Å². The molecule has 3 heteroatoms. The van der Waals surface area contributed by atoms with Crippen LogP contribution in [0, 0.1) is 0 Å². The van der Waals surface area contributed by atoms with Gasteiger partial charge in [-0.25, -0.2) is 4.79 Å². The highest BCUT2D eigenvalue weighted by Gasteiger charge is 1.99. The van der Waals surface area contributed by atoms with E-state index in [-0.39, 0.29) is 5.97 Å². The summed E-state index contributed by atoms with van der Waals surface area (Å²) in [7, 11) is 1.64. The Balaban J connectivity index is 1.80. The monoisotopic (exact) mass is 458 g/mol. The molecule has 0 heterocycles. The normalized spacial score (nSPS) is 11.2. The molecule has 0 aliphatic heterocycles. The van der Waals surface area contributed by atoms with E-state index in [0.717, 1.165) is 24.2 Å². The zero-order chi connectivity index (χ0) is 23.8. The Hall–Kier alpha value is -1.77. The summed E-state index contributed by atoms with van der Waals surface area (Å²) < 4.78 is 10.4. The van der Waals surface area contributed by atoms with Crippen LogP contribution < -0.4 is 4.74 Å². The quantitative estimate of drug-likeness (QED) is 0.0986. The Morgan fingerprint density at radius 3 is 1.52 bits per heavy atom. The molecule has 0 atom stereocenters. The van der Waals surface area contributed by atoms with Gasteiger partial charge < -0.3 is 9.47 Å². The van der Waals surface area contributed by atoms with Crippen molar-refractivity contribution in [3.05, 3.63) is 35.9 Å². The Bertz CT molecular complexity index is 591. The molecule has 0 fully saturated rings. The molecule has 0 aromatic heterocycles. The average molecular weight is 459 g/mol. The first-order valence-corrected chi connectivity index (χ1v) is 13.7. The molecule has 1 aromatic rings. The lowest BCUT2D eigenvalue weighted by Gasteiger charge is -2.04. The zero-order valence-electron chi connectivity index (χ0n) is 21.6. The van der Waals surface area contributed by atoms with Crippen LogP contribution in [0.5, 0.6) is 5.75 Å². The summed E-state index contributed by atoms with van der Waals surface area (Å²) in [5.41, 5.74) is 0.959. The minimum atomic E-state index is -0.266. The molecule has 0 amide bonds. The Labute approximate surface area is 204 Å². The maximum absolute atomic E-state index is 11.8. The van der Waals surface area contributed by atoms with Gasteiger partial charge in [0, 0.05) is 6.08 Å². The molecule has 0 bridgehead atoms. The van der Waals surface area contributed by atoms with Gasteiger partial charge in [-0.2, -0.15) is 0 Å². The van der Waals surface area contributed by atoms with Gasteiger partial charge in [-0.3, -0.25) is 0 Å². The number of carbonyl (C=O) groups excluding carboxylic acids is 1. The molecule has 0 saturated carbocycles. The molecule has 1 aromatic carbocycles. The lowest BCUT2D eigenvalue weighted by atomic mass is 10.0. The summed E-state index contributed by atoms with van der Waals surface area (Å²) in [5.74, 6) is 0.543. The largest absolute Gasteiger partial charge is 0.497 e. The second kappa shape index (κ2) is 22.0. The van der Waals surface area contributed by atoms with Gasteiger partial charge in [0.2, 0.25) is 0 Å². The van der Waals surface area contributed by atoms with Gasteiger partial charge in [-0.15, -0.1) is 0 Å². The highest BCUT2D eigenvalue weighted by Crippen LogP contribution is 2.15. The topological polar surface area (TPSA) is 35.5 Å². The van der Waals surface area contributed by atoms with E-state index < -0.39 is 0 Å². The number of carbonyl (C=O) groups is 1. The number of rotatable bonds is 22. The maximum Gasteiger partial charge on any atom is 0.330 e. The zero-order valence-corrected chi connectivity index (χ0v) is 21.6. The minimum absolute atomic E-state index is 0.266. The fraction of sp³-hybridized carbons (Fsp3) is 0.700. The predicted molar refractivity (Wildman–Crippen MR) is 142 cm³/mol. The summed E-state index contributed by atoms with van der Waals surface area (Å²) in [5, 5.41) is 0. The summed E-state index contributed by atoms with van der Waals surface area (Å²) in [4.78, 5) is 11.8. The third-order valence-corrected chi connectivity index (χ3v) is 6.27. The maximum atomic E-state index is 11.8. The highest BCUT2D eigenvalue weighted by atomic mass is 16.5. The Kier molecular flexibility index (Phi) is 19.5. The van der Waals surface area contributed by atoms with Gasteiger partial charge in [-0.05, 0) is 30.2 Å². The van der Waals surface area contributed by atoms with Crippen LogP contribution in [-0.2, 0) is 9.53 Å². The average Bonchev–Trinajstić information content (AvgIpc) is 2.84. The molecule has 1 rings (SSSR count). The van der Waals surface area contributed by atoms with Crippen molar-refractivity contribution in [3.63, 3.8) is 0 Å². The van der Waals surface area contributed by atoms with E-state index in [1.54, 1.807) is 13.2 Å². The molecule has 0 unspecified atom stereocenters. The molecular weight excluding hydrogens is 408 g/mol. The van der Waals surface area contributed by atoms with Crippen LogP contribution >= 0.6 is 0 Å². The minimum Gasteiger partial charge on any atom is -0.497 e. The van der Waals surface area contributed by atoms with Crippen molar-refractivity contribution < 1.29 is 14.3 Å². The first-order valence-electron chi connectivity index (χ1n) is 13.7. The molecular formula is C30H50O3.